The fourth-order valence-electron chi connectivity index (χ4n) is 2.94. The van der Waals surface area contributed by atoms with Crippen LogP contribution in [-0.4, -0.2) is 29.6 Å². The van der Waals surface area contributed by atoms with Gasteiger partial charge < -0.3 is 19.5 Å². The smallest absolute Gasteiger partial charge is 0.267 e. The number of benzene rings is 2. The number of rotatable bonds is 5. The van der Waals surface area contributed by atoms with Gasteiger partial charge in [0.2, 0.25) is 12.7 Å². The maximum atomic E-state index is 12.6. The van der Waals surface area contributed by atoms with Gasteiger partial charge in [0, 0.05) is 17.3 Å². The fraction of sp³-hybridized carbons (Fsp3) is 0.190. The Hall–Kier alpha value is -3.81. The van der Waals surface area contributed by atoms with E-state index in [0.29, 0.717) is 28.6 Å². The SMILES string of the molecule is COc1ccc(NC(=O)C(C)n2nc(-c3ccc4c(c3)OCO4)ccc2=O)cc1. The Morgan fingerprint density at radius 2 is 1.86 bits per heavy atom. The molecule has 1 N–H and O–H groups in total. The summed E-state index contributed by atoms with van der Waals surface area (Å²) in [6.45, 7) is 1.80. The molecular formula is C21H19N3O5. The van der Waals surface area contributed by atoms with Crippen molar-refractivity contribution in [3.05, 3.63) is 65.0 Å². The highest BCUT2D eigenvalue weighted by molar-refractivity contribution is 5.93. The Kier molecular flexibility index (Phi) is 4.90. The number of methoxy groups -OCH3 is 1. The molecule has 0 saturated carbocycles. The van der Waals surface area contributed by atoms with Crippen LogP contribution in [0.3, 0.4) is 0 Å². The number of aromatic nitrogens is 2. The third-order valence-corrected chi connectivity index (χ3v) is 4.60. The number of carbonyl (C=O) groups excluding carboxylic acids is 1. The molecule has 1 atom stereocenters. The van der Waals surface area contributed by atoms with E-state index >= 15 is 0 Å². The van der Waals surface area contributed by atoms with Gasteiger partial charge in [-0.25, -0.2) is 4.68 Å². The third-order valence-electron chi connectivity index (χ3n) is 4.60. The lowest BCUT2D eigenvalue weighted by molar-refractivity contribution is -0.119. The van der Waals surface area contributed by atoms with Gasteiger partial charge in [0.15, 0.2) is 11.5 Å². The molecule has 0 saturated heterocycles. The topological polar surface area (TPSA) is 91.7 Å². The molecule has 1 amide bonds. The van der Waals surface area contributed by atoms with E-state index in [-0.39, 0.29) is 18.3 Å². The second-order valence-electron chi connectivity index (χ2n) is 6.46. The predicted octanol–water partition coefficient (Wildman–Crippen LogP) is 2.85. The van der Waals surface area contributed by atoms with E-state index in [1.165, 1.54) is 10.7 Å². The van der Waals surface area contributed by atoms with Crippen molar-refractivity contribution in [2.75, 3.05) is 19.2 Å². The average molecular weight is 393 g/mol. The zero-order valence-electron chi connectivity index (χ0n) is 15.9. The molecule has 0 aliphatic carbocycles. The maximum absolute atomic E-state index is 12.6. The van der Waals surface area contributed by atoms with Crippen LogP contribution in [0, 0.1) is 0 Å². The molecule has 1 aliphatic heterocycles. The number of ether oxygens (including phenoxy) is 3. The minimum absolute atomic E-state index is 0.175. The molecule has 1 unspecified atom stereocenters. The number of nitrogens with zero attached hydrogens (tertiary/aromatic N) is 2. The quantitative estimate of drug-likeness (QED) is 0.717. The van der Waals surface area contributed by atoms with Gasteiger partial charge in [-0.1, -0.05) is 0 Å². The molecule has 0 radical (unpaired) electrons. The summed E-state index contributed by atoms with van der Waals surface area (Å²) in [5.41, 5.74) is 1.53. The lowest BCUT2D eigenvalue weighted by Crippen LogP contribution is -2.33. The van der Waals surface area contributed by atoms with Gasteiger partial charge in [-0.15, -0.1) is 0 Å². The molecule has 148 valence electrons. The van der Waals surface area contributed by atoms with Crippen molar-refractivity contribution >= 4 is 11.6 Å². The first kappa shape index (κ1) is 18.5. The Labute approximate surface area is 166 Å². The molecule has 8 heteroatoms. The number of amides is 1. The van der Waals surface area contributed by atoms with E-state index in [0.717, 1.165) is 5.56 Å². The van der Waals surface area contributed by atoms with Crippen molar-refractivity contribution in [2.24, 2.45) is 0 Å². The Morgan fingerprint density at radius 3 is 2.62 bits per heavy atom. The molecule has 0 spiro atoms. The summed E-state index contributed by atoms with van der Waals surface area (Å²) in [5.74, 6) is 1.61. The van der Waals surface area contributed by atoms with Crippen LogP contribution in [0.15, 0.2) is 59.4 Å². The van der Waals surface area contributed by atoms with Crippen LogP contribution in [0.5, 0.6) is 17.2 Å². The van der Waals surface area contributed by atoms with Crippen LogP contribution < -0.4 is 25.1 Å². The van der Waals surface area contributed by atoms with Crippen LogP contribution in [0.1, 0.15) is 13.0 Å². The molecule has 0 fully saturated rings. The summed E-state index contributed by atoms with van der Waals surface area (Å²) in [6, 6.07) is 14.5. The second-order valence-corrected chi connectivity index (χ2v) is 6.46. The number of fused-ring (bicyclic) bond motifs is 1. The summed E-state index contributed by atoms with van der Waals surface area (Å²) in [5, 5.41) is 7.17. The molecule has 2 aromatic carbocycles. The Morgan fingerprint density at radius 1 is 1.10 bits per heavy atom. The minimum Gasteiger partial charge on any atom is -0.497 e. The molecule has 8 nitrogen and oxygen atoms in total. The van der Waals surface area contributed by atoms with Crippen LogP contribution in [-0.2, 0) is 4.79 Å². The predicted molar refractivity (Wildman–Crippen MR) is 106 cm³/mol. The van der Waals surface area contributed by atoms with E-state index in [4.69, 9.17) is 14.2 Å². The van der Waals surface area contributed by atoms with Crippen molar-refractivity contribution in [1.29, 1.82) is 0 Å². The number of anilines is 1. The summed E-state index contributed by atoms with van der Waals surface area (Å²) in [7, 11) is 1.57. The molecule has 1 aliphatic rings. The number of nitrogens with one attached hydrogen (secondary N) is 1. The first-order chi connectivity index (χ1) is 14.0. The molecular weight excluding hydrogens is 374 g/mol. The van der Waals surface area contributed by atoms with Crippen molar-refractivity contribution in [2.45, 2.75) is 13.0 Å². The molecule has 2 heterocycles. The first-order valence-electron chi connectivity index (χ1n) is 9.00. The van der Waals surface area contributed by atoms with E-state index < -0.39 is 6.04 Å². The standard InChI is InChI=1S/C21H19N3O5/c1-13(21(26)22-15-4-6-16(27-2)7-5-15)24-20(25)10-8-17(23-24)14-3-9-18-19(11-14)29-12-28-18/h3-11,13H,12H2,1-2H3,(H,22,26). The zero-order chi connectivity index (χ0) is 20.4. The average Bonchev–Trinajstić information content (AvgIpc) is 3.22. The van der Waals surface area contributed by atoms with Crippen LogP contribution in [0.25, 0.3) is 11.3 Å². The monoisotopic (exact) mass is 393 g/mol. The Balaban J connectivity index is 1.57. The largest absolute Gasteiger partial charge is 0.497 e. The molecule has 3 aromatic rings. The highest BCUT2D eigenvalue weighted by Crippen LogP contribution is 2.35. The summed E-state index contributed by atoms with van der Waals surface area (Å²) >= 11 is 0. The van der Waals surface area contributed by atoms with Crippen molar-refractivity contribution in [3.63, 3.8) is 0 Å². The molecule has 4 rings (SSSR count). The van der Waals surface area contributed by atoms with Gasteiger partial charge in [-0.2, -0.15) is 5.10 Å². The van der Waals surface area contributed by atoms with Crippen LogP contribution in [0.2, 0.25) is 0 Å². The number of hydrogen-bond acceptors (Lipinski definition) is 6. The minimum atomic E-state index is -0.807. The highest BCUT2D eigenvalue weighted by atomic mass is 16.7. The lowest BCUT2D eigenvalue weighted by Gasteiger charge is -2.15. The van der Waals surface area contributed by atoms with E-state index in [2.05, 4.69) is 10.4 Å². The van der Waals surface area contributed by atoms with Gasteiger partial charge in [-0.05, 0) is 55.5 Å². The highest BCUT2D eigenvalue weighted by Gasteiger charge is 2.19. The summed E-state index contributed by atoms with van der Waals surface area (Å²) in [4.78, 5) is 25.0. The van der Waals surface area contributed by atoms with Gasteiger partial charge in [0.1, 0.15) is 11.8 Å². The normalized spacial score (nSPS) is 13.0. The van der Waals surface area contributed by atoms with E-state index in [9.17, 15) is 9.59 Å². The molecule has 1 aromatic heterocycles. The van der Waals surface area contributed by atoms with Crippen molar-refractivity contribution in [3.8, 4) is 28.5 Å². The van der Waals surface area contributed by atoms with Crippen molar-refractivity contribution in [1.82, 2.24) is 9.78 Å². The maximum Gasteiger partial charge on any atom is 0.267 e. The second kappa shape index (κ2) is 7.67. The summed E-state index contributed by atoms with van der Waals surface area (Å²) < 4.78 is 17.0. The number of carbonyl (C=O) groups is 1. The molecule has 0 bridgehead atoms. The molecule has 29 heavy (non-hydrogen) atoms. The first-order valence-corrected chi connectivity index (χ1v) is 9.00. The van der Waals surface area contributed by atoms with Crippen LogP contribution >= 0.6 is 0 Å². The fourth-order valence-corrected chi connectivity index (χ4v) is 2.94. The van der Waals surface area contributed by atoms with Gasteiger partial charge >= 0.3 is 0 Å². The zero-order valence-corrected chi connectivity index (χ0v) is 15.9. The van der Waals surface area contributed by atoms with E-state index in [1.54, 1.807) is 56.5 Å². The lowest BCUT2D eigenvalue weighted by atomic mass is 10.1. The Bertz CT molecular complexity index is 1110. The van der Waals surface area contributed by atoms with Gasteiger partial charge in [0.05, 0.1) is 12.8 Å². The number of hydrogen-bond donors (Lipinski definition) is 1. The van der Waals surface area contributed by atoms with Gasteiger partial charge in [0.25, 0.3) is 5.56 Å². The third kappa shape index (κ3) is 3.77. The van der Waals surface area contributed by atoms with Gasteiger partial charge in [-0.3, -0.25) is 9.59 Å². The van der Waals surface area contributed by atoms with E-state index in [1.807, 2.05) is 6.07 Å². The van der Waals surface area contributed by atoms with Crippen LogP contribution in [0.4, 0.5) is 5.69 Å². The summed E-state index contributed by atoms with van der Waals surface area (Å²) in [6.07, 6.45) is 0. The van der Waals surface area contributed by atoms with Crippen molar-refractivity contribution < 1.29 is 19.0 Å².